The van der Waals surface area contributed by atoms with Crippen LogP contribution in [0.5, 0.6) is 11.5 Å². The molecule has 1 N–H and O–H groups in total. The van der Waals surface area contributed by atoms with Crippen LogP contribution in [-0.4, -0.2) is 20.5 Å². The maximum atomic E-state index is 13.8. The maximum Gasteiger partial charge on any atom is 0.331 e. The van der Waals surface area contributed by atoms with Gasteiger partial charge in [0.25, 0.3) is 5.56 Å². The second kappa shape index (κ2) is 7.64. The Morgan fingerprint density at radius 1 is 0.892 bits per heavy atom. The molecule has 0 amide bonds. The zero-order valence-electron chi connectivity index (χ0n) is 20.6. The monoisotopic (exact) mass is 492 g/mol. The topological polar surface area (TPSA) is 79.4 Å². The molecule has 2 aromatic heterocycles. The summed E-state index contributed by atoms with van der Waals surface area (Å²) >= 11 is 0. The third-order valence-corrected chi connectivity index (χ3v) is 7.35. The van der Waals surface area contributed by atoms with E-state index in [1.165, 1.54) is 11.6 Å². The van der Waals surface area contributed by atoms with Crippen molar-refractivity contribution in [3.8, 4) is 28.4 Å². The summed E-state index contributed by atoms with van der Waals surface area (Å²) in [6, 6.07) is 21.6. The molecule has 0 radical (unpaired) electrons. The van der Waals surface area contributed by atoms with E-state index in [9.17, 15) is 9.59 Å². The number of anilines is 1. The zero-order chi connectivity index (χ0) is 25.4. The predicted molar refractivity (Wildman–Crippen MR) is 142 cm³/mol. The van der Waals surface area contributed by atoms with Gasteiger partial charge in [0.05, 0.1) is 39.7 Å². The van der Waals surface area contributed by atoms with Crippen LogP contribution in [0.25, 0.3) is 27.8 Å². The highest BCUT2D eigenvalue weighted by atomic mass is 16.7. The summed E-state index contributed by atoms with van der Waals surface area (Å²) < 4.78 is 16.1. The number of hydrogen-bond acceptors (Lipinski definition) is 5. The van der Waals surface area contributed by atoms with E-state index in [1.807, 2.05) is 67.6 Å². The smallest absolute Gasteiger partial charge is 0.331 e. The van der Waals surface area contributed by atoms with Gasteiger partial charge in [0.1, 0.15) is 0 Å². The predicted octanol–water partition coefficient (Wildman–Crippen LogP) is 4.25. The molecule has 7 rings (SSSR count). The lowest BCUT2D eigenvalue weighted by Gasteiger charge is -2.31. The molecule has 5 aromatic rings. The van der Waals surface area contributed by atoms with Crippen LogP contribution in [0, 0.1) is 6.92 Å². The van der Waals surface area contributed by atoms with Crippen LogP contribution in [0.2, 0.25) is 0 Å². The lowest BCUT2D eigenvalue weighted by molar-refractivity contribution is 0.174. The van der Waals surface area contributed by atoms with Gasteiger partial charge >= 0.3 is 5.69 Å². The van der Waals surface area contributed by atoms with Crippen molar-refractivity contribution in [2.75, 3.05) is 12.1 Å². The lowest BCUT2D eigenvalue weighted by Crippen LogP contribution is -2.37. The molecule has 184 valence electrons. The second-order valence-electron chi connectivity index (χ2n) is 9.58. The molecule has 37 heavy (non-hydrogen) atoms. The molecule has 0 saturated carbocycles. The molecular formula is C29H24N4O4. The Morgan fingerprint density at radius 2 is 1.70 bits per heavy atom. The van der Waals surface area contributed by atoms with Crippen LogP contribution in [0.1, 0.15) is 22.9 Å². The first kappa shape index (κ1) is 21.6. The van der Waals surface area contributed by atoms with E-state index in [-0.39, 0.29) is 24.1 Å². The second-order valence-corrected chi connectivity index (χ2v) is 9.58. The highest BCUT2D eigenvalue weighted by Gasteiger charge is 2.35. The van der Waals surface area contributed by atoms with Crippen LogP contribution in [0.4, 0.5) is 5.69 Å². The molecule has 1 atom stereocenters. The molecule has 3 aromatic carbocycles. The van der Waals surface area contributed by atoms with Crippen LogP contribution in [0.3, 0.4) is 0 Å². The fourth-order valence-corrected chi connectivity index (χ4v) is 5.63. The number of aromatic nitrogens is 3. The average Bonchev–Trinajstić information content (AvgIpc) is 3.53. The number of rotatable bonds is 2. The summed E-state index contributed by atoms with van der Waals surface area (Å²) in [6.07, 6.45) is 0. The lowest BCUT2D eigenvalue weighted by atomic mass is 9.99. The fraction of sp³-hybridized carbons (Fsp3) is 0.172. The van der Waals surface area contributed by atoms with Crippen LogP contribution in [0.15, 0.2) is 76.3 Å². The van der Waals surface area contributed by atoms with Crippen molar-refractivity contribution in [2.45, 2.75) is 13.0 Å². The number of hydrogen-bond donors (Lipinski definition) is 1. The van der Waals surface area contributed by atoms with Gasteiger partial charge in [-0.2, -0.15) is 0 Å². The molecule has 0 spiro atoms. The Labute approximate surface area is 211 Å². The van der Waals surface area contributed by atoms with Gasteiger partial charge in [-0.3, -0.25) is 13.9 Å². The number of fused-ring (bicyclic) bond motifs is 6. The Morgan fingerprint density at radius 3 is 2.54 bits per heavy atom. The molecule has 0 aliphatic carbocycles. The Bertz CT molecular complexity index is 1880. The zero-order valence-corrected chi connectivity index (χ0v) is 20.6. The van der Waals surface area contributed by atoms with Gasteiger partial charge in [0.2, 0.25) is 6.79 Å². The SMILES string of the molecule is Cc1cccc(-c2c3c(=O)n(C)c(=O)n(C)c3c3n2-c2ccccc2NC3c2ccc3c(c2)OCO3)c1. The summed E-state index contributed by atoms with van der Waals surface area (Å²) in [6.45, 7) is 2.21. The third-order valence-electron chi connectivity index (χ3n) is 7.35. The summed E-state index contributed by atoms with van der Waals surface area (Å²) in [4.78, 5) is 27.0. The van der Waals surface area contributed by atoms with Crippen molar-refractivity contribution in [1.82, 2.24) is 13.7 Å². The van der Waals surface area contributed by atoms with E-state index in [4.69, 9.17) is 9.47 Å². The van der Waals surface area contributed by atoms with E-state index in [1.54, 1.807) is 11.6 Å². The standard InChI is InChI=1S/C29H24N4O4/c1-16-7-6-8-18(13-16)25-23-26(31(2)29(35)32(3)28(23)34)27-24(17-11-12-21-22(14-17)37-15-36-21)30-19-9-4-5-10-20(19)33(25)27/h4-14,24,30H,15H2,1-3H3. The molecular weight excluding hydrogens is 468 g/mol. The largest absolute Gasteiger partial charge is 0.454 e. The number of benzene rings is 3. The third kappa shape index (κ3) is 2.95. The highest BCUT2D eigenvalue weighted by Crippen LogP contribution is 2.46. The molecule has 4 heterocycles. The molecule has 1 unspecified atom stereocenters. The normalized spacial score (nSPS) is 15.4. The first-order valence-corrected chi connectivity index (χ1v) is 12.1. The van der Waals surface area contributed by atoms with Crippen molar-refractivity contribution < 1.29 is 9.47 Å². The Hall–Kier alpha value is -4.72. The average molecular weight is 493 g/mol. The molecule has 0 fully saturated rings. The number of para-hydroxylation sites is 2. The molecule has 8 heteroatoms. The van der Waals surface area contributed by atoms with Crippen LogP contribution in [-0.2, 0) is 14.1 Å². The first-order valence-electron chi connectivity index (χ1n) is 12.1. The number of aryl methyl sites for hydroxylation is 2. The molecule has 0 saturated heterocycles. The summed E-state index contributed by atoms with van der Waals surface area (Å²) in [5, 5.41) is 4.18. The number of nitrogens with one attached hydrogen (secondary N) is 1. The molecule has 2 aliphatic rings. The molecule has 8 nitrogen and oxygen atoms in total. The van der Waals surface area contributed by atoms with Crippen molar-refractivity contribution in [3.05, 3.63) is 104 Å². The van der Waals surface area contributed by atoms with Crippen molar-refractivity contribution in [2.24, 2.45) is 14.1 Å². The summed E-state index contributed by atoms with van der Waals surface area (Å²) in [5.41, 5.74) is 6.27. The van der Waals surface area contributed by atoms with Crippen molar-refractivity contribution >= 4 is 16.6 Å². The van der Waals surface area contributed by atoms with Gasteiger partial charge in [-0.1, -0.05) is 42.0 Å². The summed E-state index contributed by atoms with van der Waals surface area (Å²) in [7, 11) is 3.25. The van der Waals surface area contributed by atoms with Gasteiger partial charge in [-0.25, -0.2) is 4.79 Å². The van der Waals surface area contributed by atoms with Gasteiger partial charge in [-0.05, 0) is 48.4 Å². The fourth-order valence-electron chi connectivity index (χ4n) is 5.63. The van der Waals surface area contributed by atoms with Crippen LogP contribution >= 0.6 is 0 Å². The van der Waals surface area contributed by atoms with Crippen LogP contribution < -0.4 is 26.0 Å². The summed E-state index contributed by atoms with van der Waals surface area (Å²) in [5.74, 6) is 1.37. The Kier molecular flexibility index (Phi) is 4.45. The van der Waals surface area contributed by atoms with E-state index < -0.39 is 0 Å². The van der Waals surface area contributed by atoms with Gasteiger partial charge < -0.3 is 19.4 Å². The number of nitrogens with zero attached hydrogens (tertiary/aromatic N) is 3. The number of ether oxygens (including phenoxy) is 2. The minimum Gasteiger partial charge on any atom is -0.454 e. The van der Waals surface area contributed by atoms with Crippen molar-refractivity contribution in [3.63, 3.8) is 0 Å². The van der Waals surface area contributed by atoms with Gasteiger partial charge in [0, 0.05) is 14.1 Å². The Balaban J connectivity index is 1.68. The van der Waals surface area contributed by atoms with E-state index in [0.29, 0.717) is 22.4 Å². The molecule has 0 bridgehead atoms. The van der Waals surface area contributed by atoms with E-state index in [0.717, 1.165) is 39.5 Å². The minimum atomic E-state index is -0.370. The van der Waals surface area contributed by atoms with E-state index in [2.05, 4.69) is 16.0 Å². The maximum absolute atomic E-state index is 13.8. The first-order chi connectivity index (χ1) is 17.9. The highest BCUT2D eigenvalue weighted by molar-refractivity contribution is 5.99. The minimum absolute atomic E-state index is 0.182. The van der Waals surface area contributed by atoms with Crippen molar-refractivity contribution in [1.29, 1.82) is 0 Å². The molecule has 2 aliphatic heterocycles. The van der Waals surface area contributed by atoms with Gasteiger partial charge in [0.15, 0.2) is 11.5 Å². The van der Waals surface area contributed by atoms with E-state index >= 15 is 0 Å². The van der Waals surface area contributed by atoms with Gasteiger partial charge in [-0.15, -0.1) is 0 Å². The quantitative estimate of drug-likeness (QED) is 0.399.